The summed E-state index contributed by atoms with van der Waals surface area (Å²) >= 11 is 0. The SMILES string of the molecule is Cc1cccc(-n2nc(C#N)c(N(CCO)Cc3ccccc3)n2)c1. The van der Waals surface area contributed by atoms with Gasteiger partial charge in [0.1, 0.15) is 6.07 Å². The highest BCUT2D eigenvalue weighted by molar-refractivity contribution is 5.51. The highest BCUT2D eigenvalue weighted by atomic mass is 16.3. The minimum absolute atomic E-state index is 0.0327. The first-order chi connectivity index (χ1) is 12.2. The van der Waals surface area contributed by atoms with E-state index in [-0.39, 0.29) is 12.3 Å². The Morgan fingerprint density at radius 2 is 1.92 bits per heavy atom. The third kappa shape index (κ3) is 3.84. The topological polar surface area (TPSA) is 78.0 Å². The van der Waals surface area contributed by atoms with Gasteiger partial charge in [0.15, 0.2) is 5.82 Å². The molecule has 1 N–H and O–H groups in total. The molecule has 1 aromatic heterocycles. The van der Waals surface area contributed by atoms with Gasteiger partial charge in [0, 0.05) is 13.1 Å². The van der Waals surface area contributed by atoms with Gasteiger partial charge in [-0.2, -0.15) is 5.26 Å². The van der Waals surface area contributed by atoms with E-state index in [9.17, 15) is 10.4 Å². The van der Waals surface area contributed by atoms with Crippen molar-refractivity contribution in [2.45, 2.75) is 13.5 Å². The number of benzene rings is 2. The van der Waals surface area contributed by atoms with Crippen molar-refractivity contribution in [2.75, 3.05) is 18.1 Å². The van der Waals surface area contributed by atoms with Gasteiger partial charge in [-0.15, -0.1) is 15.0 Å². The molecule has 0 saturated carbocycles. The van der Waals surface area contributed by atoms with E-state index in [2.05, 4.69) is 16.3 Å². The molecule has 0 unspecified atom stereocenters. The average molecular weight is 333 g/mol. The Bertz CT molecular complexity index is 882. The maximum atomic E-state index is 9.46. The lowest BCUT2D eigenvalue weighted by atomic mass is 10.2. The molecule has 25 heavy (non-hydrogen) atoms. The second-order valence-electron chi connectivity index (χ2n) is 5.74. The summed E-state index contributed by atoms with van der Waals surface area (Å²) in [4.78, 5) is 3.34. The molecule has 0 aliphatic rings. The molecule has 0 amide bonds. The fourth-order valence-corrected chi connectivity index (χ4v) is 2.64. The van der Waals surface area contributed by atoms with Crippen molar-refractivity contribution in [3.63, 3.8) is 0 Å². The Morgan fingerprint density at radius 3 is 2.60 bits per heavy atom. The normalized spacial score (nSPS) is 10.4. The van der Waals surface area contributed by atoms with Crippen LogP contribution < -0.4 is 4.90 Å². The van der Waals surface area contributed by atoms with Gasteiger partial charge in [0.25, 0.3) is 0 Å². The molecular formula is C19H19N5O. The van der Waals surface area contributed by atoms with Gasteiger partial charge in [0.2, 0.25) is 5.69 Å². The standard InChI is InChI=1S/C19H19N5O/c1-15-6-5-9-17(12-15)24-21-18(13-20)19(22-24)23(10-11-25)14-16-7-3-2-4-8-16/h2-9,12,25H,10-11,14H2,1H3. The molecule has 6 nitrogen and oxygen atoms in total. The van der Waals surface area contributed by atoms with Gasteiger partial charge in [-0.05, 0) is 30.2 Å². The molecule has 126 valence electrons. The van der Waals surface area contributed by atoms with E-state index in [1.807, 2.05) is 66.4 Å². The number of hydrogen-bond acceptors (Lipinski definition) is 5. The van der Waals surface area contributed by atoms with Gasteiger partial charge in [-0.3, -0.25) is 0 Å². The highest BCUT2D eigenvalue weighted by Gasteiger charge is 2.19. The fourth-order valence-electron chi connectivity index (χ4n) is 2.64. The molecule has 0 aliphatic heterocycles. The third-order valence-corrected chi connectivity index (χ3v) is 3.82. The third-order valence-electron chi connectivity index (χ3n) is 3.82. The quantitative estimate of drug-likeness (QED) is 0.750. The van der Waals surface area contributed by atoms with E-state index >= 15 is 0 Å². The van der Waals surface area contributed by atoms with Crippen LogP contribution in [0.2, 0.25) is 0 Å². The number of nitrogens with zero attached hydrogens (tertiary/aromatic N) is 5. The Morgan fingerprint density at radius 1 is 1.12 bits per heavy atom. The predicted octanol–water partition coefficient (Wildman–Crippen LogP) is 2.45. The molecule has 0 aliphatic carbocycles. The van der Waals surface area contributed by atoms with Crippen molar-refractivity contribution in [3.8, 4) is 11.8 Å². The Balaban J connectivity index is 1.97. The maximum Gasteiger partial charge on any atom is 0.207 e. The van der Waals surface area contributed by atoms with Gasteiger partial charge < -0.3 is 10.0 Å². The largest absolute Gasteiger partial charge is 0.395 e. The molecule has 3 rings (SSSR count). The van der Waals surface area contributed by atoms with Crippen LogP contribution >= 0.6 is 0 Å². The number of aromatic nitrogens is 3. The van der Waals surface area contributed by atoms with E-state index in [0.717, 1.165) is 16.8 Å². The lowest BCUT2D eigenvalue weighted by molar-refractivity contribution is 0.301. The van der Waals surface area contributed by atoms with Crippen molar-refractivity contribution in [2.24, 2.45) is 0 Å². The monoisotopic (exact) mass is 333 g/mol. The van der Waals surface area contributed by atoms with Gasteiger partial charge in [0.05, 0.1) is 12.3 Å². The summed E-state index contributed by atoms with van der Waals surface area (Å²) in [5.41, 5.74) is 3.20. The lowest BCUT2D eigenvalue weighted by Gasteiger charge is -2.21. The van der Waals surface area contributed by atoms with Crippen LogP contribution in [0.4, 0.5) is 5.82 Å². The molecule has 6 heteroatoms. The smallest absolute Gasteiger partial charge is 0.207 e. The maximum absolute atomic E-state index is 9.46. The molecule has 0 fully saturated rings. The van der Waals surface area contributed by atoms with Crippen molar-refractivity contribution >= 4 is 5.82 Å². The Labute approximate surface area is 146 Å². The van der Waals surface area contributed by atoms with E-state index in [0.29, 0.717) is 18.9 Å². The summed E-state index contributed by atoms with van der Waals surface area (Å²) in [5.74, 6) is 0.474. The summed E-state index contributed by atoms with van der Waals surface area (Å²) in [5, 5.41) is 27.7. The minimum atomic E-state index is -0.0327. The van der Waals surface area contributed by atoms with Crippen LogP contribution in [-0.4, -0.2) is 33.3 Å². The molecule has 3 aromatic rings. The van der Waals surface area contributed by atoms with Gasteiger partial charge in [-0.25, -0.2) is 0 Å². The first-order valence-electron chi connectivity index (χ1n) is 8.05. The van der Waals surface area contributed by atoms with Crippen LogP contribution in [0.25, 0.3) is 5.69 Å². The first-order valence-corrected chi connectivity index (χ1v) is 8.05. The van der Waals surface area contributed by atoms with Crippen LogP contribution in [0.5, 0.6) is 0 Å². The molecule has 0 bridgehead atoms. The van der Waals surface area contributed by atoms with E-state index in [4.69, 9.17) is 0 Å². The van der Waals surface area contributed by atoms with Gasteiger partial charge in [-0.1, -0.05) is 42.5 Å². The van der Waals surface area contributed by atoms with Crippen LogP contribution in [0.15, 0.2) is 54.6 Å². The molecule has 0 spiro atoms. The number of nitriles is 1. The van der Waals surface area contributed by atoms with Crippen molar-refractivity contribution in [3.05, 3.63) is 71.4 Å². The summed E-state index contributed by atoms with van der Waals surface area (Å²) in [6, 6.07) is 19.8. The molecule has 1 heterocycles. The number of anilines is 1. The van der Waals surface area contributed by atoms with E-state index < -0.39 is 0 Å². The number of aryl methyl sites for hydroxylation is 1. The van der Waals surface area contributed by atoms with Crippen molar-refractivity contribution < 1.29 is 5.11 Å². The Hall–Kier alpha value is -3.17. The summed E-state index contributed by atoms with van der Waals surface area (Å²) < 4.78 is 0. The van der Waals surface area contributed by atoms with Gasteiger partial charge >= 0.3 is 0 Å². The van der Waals surface area contributed by atoms with Crippen LogP contribution in [-0.2, 0) is 6.54 Å². The molecular weight excluding hydrogens is 314 g/mol. The molecule has 0 radical (unpaired) electrons. The predicted molar refractivity (Wildman–Crippen MR) is 95.4 cm³/mol. The van der Waals surface area contributed by atoms with Crippen molar-refractivity contribution in [1.29, 1.82) is 5.26 Å². The number of rotatable bonds is 6. The number of hydrogen-bond donors (Lipinski definition) is 1. The van der Waals surface area contributed by atoms with E-state index in [1.165, 1.54) is 4.80 Å². The zero-order chi connectivity index (χ0) is 17.6. The second-order valence-corrected chi connectivity index (χ2v) is 5.74. The number of aliphatic hydroxyl groups is 1. The van der Waals surface area contributed by atoms with Crippen LogP contribution in [0.3, 0.4) is 0 Å². The number of aliphatic hydroxyl groups excluding tert-OH is 1. The zero-order valence-electron chi connectivity index (χ0n) is 14.0. The van der Waals surface area contributed by atoms with Crippen LogP contribution in [0.1, 0.15) is 16.8 Å². The molecule has 0 saturated heterocycles. The van der Waals surface area contributed by atoms with Crippen LogP contribution in [0, 0.1) is 18.3 Å². The Kier molecular flexibility index (Phi) is 5.07. The zero-order valence-corrected chi connectivity index (χ0v) is 14.0. The molecule has 2 aromatic carbocycles. The van der Waals surface area contributed by atoms with E-state index in [1.54, 1.807) is 0 Å². The first kappa shape index (κ1) is 16.7. The summed E-state index contributed by atoms with van der Waals surface area (Å²) in [6.45, 7) is 2.88. The average Bonchev–Trinajstić information content (AvgIpc) is 3.07. The summed E-state index contributed by atoms with van der Waals surface area (Å²) in [7, 11) is 0. The minimum Gasteiger partial charge on any atom is -0.395 e. The summed E-state index contributed by atoms with van der Waals surface area (Å²) in [6.07, 6.45) is 0. The van der Waals surface area contributed by atoms with Crippen molar-refractivity contribution in [1.82, 2.24) is 15.0 Å². The molecule has 0 atom stereocenters. The fraction of sp³-hybridized carbons (Fsp3) is 0.211. The lowest BCUT2D eigenvalue weighted by Crippen LogP contribution is -2.27. The second kappa shape index (κ2) is 7.60. The highest BCUT2D eigenvalue weighted by Crippen LogP contribution is 2.20.